The summed E-state index contributed by atoms with van der Waals surface area (Å²) in [7, 11) is 0. The van der Waals surface area contributed by atoms with Crippen molar-refractivity contribution >= 4 is 17.7 Å². The number of fused-ring (bicyclic) bond motifs is 5. The van der Waals surface area contributed by atoms with Crippen molar-refractivity contribution in [2.75, 3.05) is 12.9 Å². The van der Waals surface area contributed by atoms with Crippen molar-refractivity contribution < 1.29 is 9.90 Å². The van der Waals surface area contributed by atoms with E-state index in [4.69, 9.17) is 0 Å². The highest BCUT2D eigenvalue weighted by atomic mass is 32.2. The summed E-state index contributed by atoms with van der Waals surface area (Å²) in [6.07, 6.45) is 6.08. The minimum atomic E-state index is 0.0662. The molecule has 3 saturated carbocycles. The second kappa shape index (κ2) is 4.71. The summed E-state index contributed by atoms with van der Waals surface area (Å²) < 4.78 is 0. The van der Waals surface area contributed by atoms with E-state index < -0.39 is 0 Å². The Kier molecular flexibility index (Phi) is 3.35. The maximum Gasteiger partial charge on any atom is 0.223 e. The number of thioether (sulfide) groups is 1. The predicted octanol–water partition coefficient (Wildman–Crippen LogP) is 1.51. The Labute approximate surface area is 113 Å². The summed E-state index contributed by atoms with van der Waals surface area (Å²) in [5.74, 6) is 3.66. The number of hydrogen-bond donors (Lipinski definition) is 2. The van der Waals surface area contributed by atoms with Crippen LogP contribution < -0.4 is 5.32 Å². The Morgan fingerprint density at radius 3 is 2.50 bits per heavy atom. The first-order valence-corrected chi connectivity index (χ1v) is 8.40. The van der Waals surface area contributed by atoms with Crippen molar-refractivity contribution in [2.24, 2.45) is 29.6 Å². The molecule has 102 valence electrons. The molecular formula is C14H23NO2S. The van der Waals surface area contributed by atoms with Crippen LogP contribution in [0.3, 0.4) is 0 Å². The SMILES string of the molecule is CSC(CO)C(C)NC(=O)C1C2C3CCC(C3)C12. The predicted molar refractivity (Wildman–Crippen MR) is 73.3 cm³/mol. The van der Waals surface area contributed by atoms with E-state index in [0.29, 0.717) is 17.8 Å². The number of aliphatic hydroxyl groups excluding tert-OH is 1. The second-order valence-electron chi connectivity index (χ2n) is 6.27. The highest BCUT2D eigenvalue weighted by molar-refractivity contribution is 7.99. The Bertz CT molecular complexity index is 329. The zero-order valence-corrected chi connectivity index (χ0v) is 12.0. The molecule has 0 saturated heterocycles. The highest BCUT2D eigenvalue weighted by Crippen LogP contribution is 2.69. The van der Waals surface area contributed by atoms with Gasteiger partial charge in [0.2, 0.25) is 5.91 Å². The third kappa shape index (κ3) is 1.88. The van der Waals surface area contributed by atoms with E-state index in [2.05, 4.69) is 5.32 Å². The number of nitrogens with one attached hydrogen (secondary N) is 1. The molecule has 1 amide bonds. The molecule has 0 heterocycles. The summed E-state index contributed by atoms with van der Waals surface area (Å²) in [6, 6.07) is 0.0662. The molecular weight excluding hydrogens is 246 g/mol. The third-order valence-electron chi connectivity index (χ3n) is 5.45. The van der Waals surface area contributed by atoms with Crippen LogP contribution in [0, 0.1) is 29.6 Å². The average molecular weight is 269 g/mol. The molecule has 4 heteroatoms. The Hall–Kier alpha value is -0.220. The van der Waals surface area contributed by atoms with Crippen molar-refractivity contribution in [1.29, 1.82) is 0 Å². The number of amides is 1. The quantitative estimate of drug-likeness (QED) is 0.795. The number of hydrogen-bond acceptors (Lipinski definition) is 3. The molecule has 6 unspecified atom stereocenters. The van der Waals surface area contributed by atoms with Crippen LogP contribution in [0.5, 0.6) is 0 Å². The van der Waals surface area contributed by atoms with Crippen LogP contribution in [0.15, 0.2) is 0 Å². The lowest BCUT2D eigenvalue weighted by molar-refractivity contribution is -0.123. The molecule has 3 aliphatic carbocycles. The summed E-state index contributed by atoms with van der Waals surface area (Å²) in [5, 5.41) is 12.5. The first kappa shape index (κ1) is 12.8. The van der Waals surface area contributed by atoms with Crippen LogP contribution in [0.4, 0.5) is 0 Å². The Balaban J connectivity index is 1.55. The van der Waals surface area contributed by atoms with Crippen molar-refractivity contribution in [3.63, 3.8) is 0 Å². The summed E-state index contributed by atoms with van der Waals surface area (Å²) in [4.78, 5) is 12.3. The molecule has 0 aromatic heterocycles. The fourth-order valence-corrected chi connectivity index (χ4v) is 5.15. The van der Waals surface area contributed by atoms with E-state index in [1.807, 2.05) is 13.2 Å². The lowest BCUT2D eigenvalue weighted by Gasteiger charge is -2.22. The van der Waals surface area contributed by atoms with E-state index in [0.717, 1.165) is 11.8 Å². The van der Waals surface area contributed by atoms with Crippen molar-refractivity contribution in [3.8, 4) is 0 Å². The minimum absolute atomic E-state index is 0.0662. The van der Waals surface area contributed by atoms with Crippen molar-refractivity contribution in [3.05, 3.63) is 0 Å². The topological polar surface area (TPSA) is 49.3 Å². The van der Waals surface area contributed by atoms with Gasteiger partial charge in [-0.3, -0.25) is 4.79 Å². The van der Waals surface area contributed by atoms with Gasteiger partial charge in [-0.25, -0.2) is 0 Å². The molecule has 0 spiro atoms. The lowest BCUT2D eigenvalue weighted by atomic mass is 10.0. The summed E-state index contributed by atoms with van der Waals surface area (Å²) in [5.41, 5.74) is 0. The Morgan fingerprint density at radius 1 is 1.39 bits per heavy atom. The van der Waals surface area contributed by atoms with Crippen LogP contribution in [0.1, 0.15) is 26.2 Å². The van der Waals surface area contributed by atoms with E-state index in [-0.39, 0.29) is 23.8 Å². The molecule has 6 atom stereocenters. The van der Waals surface area contributed by atoms with Gasteiger partial charge in [-0.1, -0.05) is 0 Å². The monoisotopic (exact) mass is 269 g/mol. The molecule has 0 aromatic rings. The number of carbonyl (C=O) groups excluding carboxylic acids is 1. The third-order valence-corrected chi connectivity index (χ3v) is 6.61. The summed E-state index contributed by atoms with van der Waals surface area (Å²) >= 11 is 1.62. The van der Waals surface area contributed by atoms with Gasteiger partial charge in [-0.15, -0.1) is 0 Å². The molecule has 3 rings (SSSR count). The van der Waals surface area contributed by atoms with Crippen LogP contribution in [0.25, 0.3) is 0 Å². The molecule has 2 N–H and O–H groups in total. The molecule has 3 fully saturated rings. The number of rotatable bonds is 5. The first-order valence-electron chi connectivity index (χ1n) is 7.11. The molecule has 2 bridgehead atoms. The standard InChI is InChI=1S/C14H23NO2S/c1-7(10(6-16)18-2)15-14(17)13-11-8-3-4-9(5-8)12(11)13/h7-13,16H,3-6H2,1-2H3,(H,15,17). The largest absolute Gasteiger partial charge is 0.395 e. The summed E-state index contributed by atoms with van der Waals surface area (Å²) in [6.45, 7) is 2.13. The zero-order chi connectivity index (χ0) is 12.9. The van der Waals surface area contributed by atoms with Gasteiger partial charge in [0, 0.05) is 17.2 Å². The normalized spacial score (nSPS) is 43.4. The van der Waals surface area contributed by atoms with Gasteiger partial charge in [-0.05, 0) is 56.1 Å². The lowest BCUT2D eigenvalue weighted by Crippen LogP contribution is -2.42. The Morgan fingerprint density at radius 2 is 2.00 bits per heavy atom. The maximum absolute atomic E-state index is 12.3. The van der Waals surface area contributed by atoms with Gasteiger partial charge in [0.25, 0.3) is 0 Å². The van der Waals surface area contributed by atoms with E-state index in [1.54, 1.807) is 11.8 Å². The van der Waals surface area contributed by atoms with E-state index in [1.165, 1.54) is 19.3 Å². The first-order chi connectivity index (χ1) is 8.67. The van der Waals surface area contributed by atoms with E-state index >= 15 is 0 Å². The van der Waals surface area contributed by atoms with Crippen LogP contribution in [-0.2, 0) is 4.79 Å². The van der Waals surface area contributed by atoms with Gasteiger partial charge in [-0.2, -0.15) is 11.8 Å². The number of carbonyl (C=O) groups is 1. The van der Waals surface area contributed by atoms with Gasteiger partial charge < -0.3 is 10.4 Å². The molecule has 3 aliphatic rings. The van der Waals surface area contributed by atoms with Crippen molar-refractivity contribution in [2.45, 2.75) is 37.5 Å². The minimum Gasteiger partial charge on any atom is -0.395 e. The van der Waals surface area contributed by atoms with Crippen LogP contribution >= 0.6 is 11.8 Å². The molecule has 0 radical (unpaired) electrons. The highest BCUT2D eigenvalue weighted by Gasteiger charge is 2.67. The number of aliphatic hydroxyl groups is 1. The van der Waals surface area contributed by atoms with Crippen LogP contribution in [-0.4, -0.2) is 35.2 Å². The maximum atomic E-state index is 12.3. The van der Waals surface area contributed by atoms with Gasteiger partial charge in [0.05, 0.1) is 6.61 Å². The smallest absolute Gasteiger partial charge is 0.223 e. The molecule has 0 aliphatic heterocycles. The van der Waals surface area contributed by atoms with Gasteiger partial charge in [0.1, 0.15) is 0 Å². The second-order valence-corrected chi connectivity index (χ2v) is 7.34. The molecule has 18 heavy (non-hydrogen) atoms. The fraction of sp³-hybridized carbons (Fsp3) is 0.929. The molecule has 0 aromatic carbocycles. The van der Waals surface area contributed by atoms with Crippen LogP contribution in [0.2, 0.25) is 0 Å². The molecule has 3 nitrogen and oxygen atoms in total. The average Bonchev–Trinajstić information content (AvgIpc) is 2.80. The van der Waals surface area contributed by atoms with Crippen molar-refractivity contribution in [1.82, 2.24) is 5.32 Å². The van der Waals surface area contributed by atoms with Gasteiger partial charge in [0.15, 0.2) is 0 Å². The van der Waals surface area contributed by atoms with E-state index in [9.17, 15) is 9.90 Å². The fourth-order valence-electron chi connectivity index (χ4n) is 4.53. The van der Waals surface area contributed by atoms with Gasteiger partial charge >= 0.3 is 0 Å². The zero-order valence-electron chi connectivity index (χ0n) is 11.1.